The fourth-order valence-electron chi connectivity index (χ4n) is 1.89. The van der Waals surface area contributed by atoms with Crippen LogP contribution >= 0.6 is 11.8 Å². The Labute approximate surface area is 96.0 Å². The highest BCUT2D eigenvalue weighted by atomic mass is 32.2. The lowest BCUT2D eigenvalue weighted by Gasteiger charge is -2.32. The van der Waals surface area contributed by atoms with Gasteiger partial charge in [0.15, 0.2) is 0 Å². The molecule has 0 aromatic carbocycles. The van der Waals surface area contributed by atoms with Gasteiger partial charge in [0.25, 0.3) is 0 Å². The molecule has 0 heterocycles. The summed E-state index contributed by atoms with van der Waals surface area (Å²) in [6, 6.07) is 0. The minimum absolute atomic E-state index is 0.0292. The van der Waals surface area contributed by atoms with Crippen molar-refractivity contribution in [2.45, 2.75) is 49.9 Å². The number of nitrogens with one attached hydrogen (secondary N) is 1. The van der Waals surface area contributed by atoms with Crippen molar-refractivity contribution in [3.63, 3.8) is 0 Å². The quantitative estimate of drug-likeness (QED) is 0.772. The molecule has 0 aromatic rings. The molecular formula is C11H21NO2S. The second-order valence-electron chi connectivity index (χ2n) is 4.38. The maximum Gasteiger partial charge on any atom is 0.232 e. The Bertz CT molecular complexity index is 215. The molecule has 1 amide bonds. The average molecular weight is 231 g/mol. The Morgan fingerprint density at radius 1 is 1.47 bits per heavy atom. The largest absolute Gasteiger partial charge is 0.388 e. The first-order valence-corrected chi connectivity index (χ1v) is 6.89. The standard InChI is InChI=1S/C11H21NO2S/c1-9(15-2)10(13)12-8-11(14)6-4-3-5-7-11/h9,14H,3-8H2,1-2H3,(H,12,13). The van der Waals surface area contributed by atoms with Crippen LogP contribution < -0.4 is 5.32 Å². The molecule has 1 aliphatic carbocycles. The lowest BCUT2D eigenvalue weighted by Crippen LogP contribution is -2.46. The van der Waals surface area contributed by atoms with E-state index in [0.29, 0.717) is 6.54 Å². The summed E-state index contributed by atoms with van der Waals surface area (Å²) in [7, 11) is 0. The summed E-state index contributed by atoms with van der Waals surface area (Å²) in [5, 5.41) is 13.0. The predicted molar refractivity (Wildman–Crippen MR) is 64.0 cm³/mol. The summed E-state index contributed by atoms with van der Waals surface area (Å²) >= 11 is 1.52. The highest BCUT2D eigenvalue weighted by Crippen LogP contribution is 2.27. The molecule has 0 aliphatic heterocycles. The van der Waals surface area contributed by atoms with E-state index >= 15 is 0 Å². The van der Waals surface area contributed by atoms with E-state index in [2.05, 4.69) is 5.32 Å². The van der Waals surface area contributed by atoms with Crippen LogP contribution in [0.3, 0.4) is 0 Å². The molecule has 88 valence electrons. The van der Waals surface area contributed by atoms with E-state index in [1.807, 2.05) is 13.2 Å². The van der Waals surface area contributed by atoms with Crippen LogP contribution in [0.2, 0.25) is 0 Å². The highest BCUT2D eigenvalue weighted by Gasteiger charge is 2.29. The minimum atomic E-state index is -0.647. The fourth-order valence-corrected chi connectivity index (χ4v) is 2.19. The molecule has 0 saturated heterocycles. The molecule has 1 fully saturated rings. The van der Waals surface area contributed by atoms with Gasteiger partial charge in [-0.1, -0.05) is 19.3 Å². The normalized spacial score (nSPS) is 22.1. The van der Waals surface area contributed by atoms with E-state index in [1.54, 1.807) is 0 Å². The van der Waals surface area contributed by atoms with E-state index in [9.17, 15) is 9.90 Å². The van der Waals surface area contributed by atoms with E-state index in [-0.39, 0.29) is 11.2 Å². The summed E-state index contributed by atoms with van der Waals surface area (Å²) in [5.41, 5.74) is -0.647. The van der Waals surface area contributed by atoms with Gasteiger partial charge in [-0.05, 0) is 26.0 Å². The van der Waals surface area contributed by atoms with Gasteiger partial charge in [0, 0.05) is 6.54 Å². The van der Waals surface area contributed by atoms with Crippen LogP contribution in [0.4, 0.5) is 0 Å². The van der Waals surface area contributed by atoms with Gasteiger partial charge in [-0.25, -0.2) is 0 Å². The Kier molecular flexibility index (Phi) is 4.93. The van der Waals surface area contributed by atoms with Gasteiger partial charge >= 0.3 is 0 Å². The van der Waals surface area contributed by atoms with Crippen molar-refractivity contribution in [3.05, 3.63) is 0 Å². The van der Waals surface area contributed by atoms with Crippen LogP contribution in [-0.4, -0.2) is 34.7 Å². The smallest absolute Gasteiger partial charge is 0.232 e. The first-order chi connectivity index (χ1) is 7.07. The van der Waals surface area contributed by atoms with Gasteiger partial charge in [-0.2, -0.15) is 11.8 Å². The third-order valence-corrected chi connectivity index (χ3v) is 4.02. The van der Waals surface area contributed by atoms with Gasteiger partial charge in [0.2, 0.25) is 5.91 Å². The molecule has 2 N–H and O–H groups in total. The van der Waals surface area contributed by atoms with Crippen molar-refractivity contribution in [2.24, 2.45) is 0 Å². The van der Waals surface area contributed by atoms with Crippen LogP contribution in [0.5, 0.6) is 0 Å². The maximum atomic E-state index is 11.5. The Balaban J connectivity index is 2.31. The Morgan fingerprint density at radius 2 is 2.07 bits per heavy atom. The number of hydrogen-bond donors (Lipinski definition) is 2. The molecule has 0 bridgehead atoms. The molecule has 1 aliphatic rings. The molecule has 15 heavy (non-hydrogen) atoms. The fraction of sp³-hybridized carbons (Fsp3) is 0.909. The molecule has 3 nitrogen and oxygen atoms in total. The number of rotatable bonds is 4. The minimum Gasteiger partial charge on any atom is -0.388 e. The van der Waals surface area contributed by atoms with E-state index in [4.69, 9.17) is 0 Å². The summed E-state index contributed by atoms with van der Waals surface area (Å²) in [4.78, 5) is 11.5. The zero-order valence-corrected chi connectivity index (χ0v) is 10.4. The molecule has 1 atom stereocenters. The number of amides is 1. The Morgan fingerprint density at radius 3 is 2.60 bits per heavy atom. The molecule has 0 spiro atoms. The van der Waals surface area contributed by atoms with Crippen molar-refractivity contribution in [3.8, 4) is 0 Å². The summed E-state index contributed by atoms with van der Waals surface area (Å²) in [6.07, 6.45) is 6.91. The van der Waals surface area contributed by atoms with Crippen LogP contribution in [-0.2, 0) is 4.79 Å². The molecule has 0 aromatic heterocycles. The molecule has 1 rings (SSSR count). The average Bonchev–Trinajstić information content (AvgIpc) is 2.26. The van der Waals surface area contributed by atoms with E-state index in [0.717, 1.165) is 25.7 Å². The number of hydrogen-bond acceptors (Lipinski definition) is 3. The first kappa shape index (κ1) is 12.8. The predicted octanol–water partition coefficient (Wildman–Crippen LogP) is 1.55. The SMILES string of the molecule is CSC(C)C(=O)NCC1(O)CCCCC1. The second kappa shape index (κ2) is 5.75. The number of thioether (sulfide) groups is 1. The summed E-state index contributed by atoms with van der Waals surface area (Å²) < 4.78 is 0. The number of aliphatic hydroxyl groups is 1. The molecular weight excluding hydrogens is 210 g/mol. The van der Waals surface area contributed by atoms with E-state index < -0.39 is 5.60 Å². The van der Waals surface area contributed by atoms with Crippen LogP contribution in [0.25, 0.3) is 0 Å². The first-order valence-electron chi connectivity index (χ1n) is 5.60. The van der Waals surface area contributed by atoms with Crippen molar-refractivity contribution in [1.29, 1.82) is 0 Å². The number of carbonyl (C=O) groups is 1. The van der Waals surface area contributed by atoms with Crippen LogP contribution in [0, 0.1) is 0 Å². The third kappa shape index (κ3) is 4.03. The van der Waals surface area contributed by atoms with Crippen molar-refractivity contribution < 1.29 is 9.90 Å². The summed E-state index contributed by atoms with van der Waals surface area (Å²) in [5.74, 6) is 0.0292. The van der Waals surface area contributed by atoms with Gasteiger partial charge in [-0.15, -0.1) is 0 Å². The monoisotopic (exact) mass is 231 g/mol. The second-order valence-corrected chi connectivity index (χ2v) is 5.56. The van der Waals surface area contributed by atoms with Crippen molar-refractivity contribution in [2.75, 3.05) is 12.8 Å². The van der Waals surface area contributed by atoms with Gasteiger partial charge in [0.05, 0.1) is 10.9 Å². The highest BCUT2D eigenvalue weighted by molar-refractivity contribution is 7.99. The van der Waals surface area contributed by atoms with E-state index in [1.165, 1.54) is 18.2 Å². The Hall–Kier alpha value is -0.220. The van der Waals surface area contributed by atoms with Gasteiger partial charge < -0.3 is 10.4 Å². The van der Waals surface area contributed by atoms with Crippen molar-refractivity contribution >= 4 is 17.7 Å². The third-order valence-electron chi connectivity index (χ3n) is 3.10. The molecule has 1 unspecified atom stereocenters. The maximum absolute atomic E-state index is 11.5. The lowest BCUT2D eigenvalue weighted by molar-refractivity contribution is -0.121. The zero-order chi connectivity index (χ0) is 11.3. The molecule has 0 radical (unpaired) electrons. The van der Waals surface area contributed by atoms with Crippen LogP contribution in [0.1, 0.15) is 39.0 Å². The van der Waals surface area contributed by atoms with Gasteiger partial charge in [-0.3, -0.25) is 4.79 Å². The number of carbonyl (C=O) groups excluding carboxylic acids is 1. The van der Waals surface area contributed by atoms with Crippen molar-refractivity contribution in [1.82, 2.24) is 5.32 Å². The lowest BCUT2D eigenvalue weighted by atomic mass is 9.85. The zero-order valence-electron chi connectivity index (χ0n) is 9.58. The molecule has 1 saturated carbocycles. The topological polar surface area (TPSA) is 49.3 Å². The summed E-state index contributed by atoms with van der Waals surface area (Å²) in [6.45, 7) is 2.29. The van der Waals surface area contributed by atoms with Gasteiger partial charge in [0.1, 0.15) is 0 Å². The van der Waals surface area contributed by atoms with Crippen LogP contribution in [0.15, 0.2) is 0 Å². The molecule has 4 heteroatoms.